The van der Waals surface area contributed by atoms with E-state index in [4.69, 9.17) is 4.74 Å². The summed E-state index contributed by atoms with van der Waals surface area (Å²) in [7, 11) is 0. The van der Waals surface area contributed by atoms with Crippen LogP contribution in [0.2, 0.25) is 0 Å². The average molecular weight is 261 g/mol. The Bertz CT molecular complexity index is 402. The van der Waals surface area contributed by atoms with Gasteiger partial charge in [0.25, 0.3) is 0 Å². The molecule has 3 unspecified atom stereocenters. The third kappa shape index (κ3) is 3.50. The molecule has 1 aromatic carbocycles. The minimum absolute atomic E-state index is 0.241. The number of nitrogens with one attached hydrogen (secondary N) is 1. The predicted octanol–water partition coefficient (Wildman–Crippen LogP) is 3.97. The summed E-state index contributed by atoms with van der Waals surface area (Å²) in [5.74, 6) is 2.38. The van der Waals surface area contributed by atoms with Gasteiger partial charge in [0.2, 0.25) is 0 Å². The van der Waals surface area contributed by atoms with Crippen molar-refractivity contribution < 1.29 is 4.74 Å². The fourth-order valence-corrected chi connectivity index (χ4v) is 3.28. The Labute approximate surface area is 117 Å². The van der Waals surface area contributed by atoms with Crippen LogP contribution in [0.15, 0.2) is 24.3 Å². The molecule has 0 spiro atoms. The van der Waals surface area contributed by atoms with Gasteiger partial charge in [0.1, 0.15) is 5.75 Å². The van der Waals surface area contributed by atoms with Crippen molar-refractivity contribution in [1.29, 1.82) is 0 Å². The molecule has 3 atom stereocenters. The molecular weight excluding hydrogens is 234 g/mol. The van der Waals surface area contributed by atoms with Gasteiger partial charge < -0.3 is 10.1 Å². The van der Waals surface area contributed by atoms with Crippen LogP contribution in [0.1, 0.15) is 52.0 Å². The van der Waals surface area contributed by atoms with E-state index >= 15 is 0 Å². The van der Waals surface area contributed by atoms with E-state index in [-0.39, 0.29) is 6.10 Å². The number of ether oxygens (including phenoxy) is 1. The van der Waals surface area contributed by atoms with Gasteiger partial charge in [-0.1, -0.05) is 26.0 Å². The van der Waals surface area contributed by atoms with Crippen molar-refractivity contribution in [2.45, 2.75) is 58.6 Å². The third-order valence-electron chi connectivity index (χ3n) is 4.18. The highest BCUT2D eigenvalue weighted by atomic mass is 16.5. The zero-order valence-corrected chi connectivity index (χ0v) is 12.6. The molecule has 0 radical (unpaired) electrons. The van der Waals surface area contributed by atoms with Crippen LogP contribution in [0.4, 0.5) is 0 Å². The molecule has 2 nitrogen and oxygen atoms in total. The van der Waals surface area contributed by atoms with Crippen LogP contribution >= 0.6 is 0 Å². The van der Waals surface area contributed by atoms with Gasteiger partial charge in [0.15, 0.2) is 0 Å². The summed E-state index contributed by atoms with van der Waals surface area (Å²) in [4.78, 5) is 0. The minimum Gasteiger partial charge on any atom is -0.491 e. The van der Waals surface area contributed by atoms with E-state index in [1.807, 2.05) is 0 Å². The Morgan fingerprint density at radius 2 is 2.11 bits per heavy atom. The molecule has 1 fully saturated rings. The van der Waals surface area contributed by atoms with Crippen molar-refractivity contribution in [3.05, 3.63) is 29.8 Å². The van der Waals surface area contributed by atoms with Crippen molar-refractivity contribution in [2.75, 3.05) is 6.54 Å². The summed E-state index contributed by atoms with van der Waals surface area (Å²) in [6, 6.07) is 9.34. The molecular formula is C17H27NO. The van der Waals surface area contributed by atoms with E-state index in [2.05, 4.69) is 57.3 Å². The maximum Gasteiger partial charge on any atom is 0.119 e. The van der Waals surface area contributed by atoms with E-state index in [1.54, 1.807) is 0 Å². The molecule has 0 aliphatic heterocycles. The Hall–Kier alpha value is -1.02. The van der Waals surface area contributed by atoms with Crippen LogP contribution in [-0.4, -0.2) is 18.7 Å². The molecule has 0 heterocycles. The standard InChI is InChI=1S/C17H27NO/c1-5-18-17-10-9-16(13(17)4)14-7-6-8-15(11-14)19-12(2)3/h6-8,11-13,16-18H,5,9-10H2,1-4H3. The monoisotopic (exact) mass is 261 g/mol. The molecule has 1 aliphatic carbocycles. The van der Waals surface area contributed by atoms with Gasteiger partial charge in [0, 0.05) is 6.04 Å². The lowest BCUT2D eigenvalue weighted by atomic mass is 9.89. The second-order valence-electron chi connectivity index (χ2n) is 5.95. The predicted molar refractivity (Wildman–Crippen MR) is 80.8 cm³/mol. The maximum absolute atomic E-state index is 5.81. The van der Waals surface area contributed by atoms with Crippen molar-refractivity contribution in [3.8, 4) is 5.75 Å². The molecule has 1 aromatic rings. The Balaban J connectivity index is 2.09. The van der Waals surface area contributed by atoms with Crippen LogP contribution in [0, 0.1) is 5.92 Å². The first-order valence-electron chi connectivity index (χ1n) is 7.61. The average Bonchev–Trinajstić information content (AvgIpc) is 2.71. The zero-order chi connectivity index (χ0) is 13.8. The quantitative estimate of drug-likeness (QED) is 0.866. The summed E-state index contributed by atoms with van der Waals surface area (Å²) < 4.78 is 5.81. The number of hydrogen-bond acceptors (Lipinski definition) is 2. The lowest BCUT2D eigenvalue weighted by Crippen LogP contribution is -2.32. The SMILES string of the molecule is CCNC1CCC(c2cccc(OC(C)C)c2)C1C. The Morgan fingerprint density at radius 3 is 2.79 bits per heavy atom. The van der Waals surface area contributed by atoms with Crippen LogP contribution < -0.4 is 10.1 Å². The number of hydrogen-bond donors (Lipinski definition) is 1. The molecule has 2 heteroatoms. The van der Waals surface area contributed by atoms with Gasteiger partial charge in [-0.15, -0.1) is 0 Å². The lowest BCUT2D eigenvalue weighted by Gasteiger charge is -2.22. The lowest BCUT2D eigenvalue weighted by molar-refractivity contribution is 0.242. The van der Waals surface area contributed by atoms with Crippen LogP contribution in [0.3, 0.4) is 0 Å². The molecule has 1 aliphatic rings. The van der Waals surface area contributed by atoms with Gasteiger partial charge in [-0.05, 0) is 62.8 Å². The molecule has 1 saturated carbocycles. The fourth-order valence-electron chi connectivity index (χ4n) is 3.28. The van der Waals surface area contributed by atoms with Crippen LogP contribution in [0.25, 0.3) is 0 Å². The Morgan fingerprint density at radius 1 is 1.32 bits per heavy atom. The van der Waals surface area contributed by atoms with Crippen LogP contribution in [-0.2, 0) is 0 Å². The summed E-state index contributed by atoms with van der Waals surface area (Å²) in [6.07, 6.45) is 2.81. The number of rotatable bonds is 5. The molecule has 2 rings (SSSR count). The molecule has 0 amide bonds. The smallest absolute Gasteiger partial charge is 0.119 e. The summed E-state index contributed by atoms with van der Waals surface area (Å²) in [5.41, 5.74) is 1.44. The highest BCUT2D eigenvalue weighted by Crippen LogP contribution is 2.40. The van der Waals surface area contributed by atoms with Crippen molar-refractivity contribution in [1.82, 2.24) is 5.32 Å². The molecule has 0 bridgehead atoms. The van der Waals surface area contributed by atoms with Gasteiger partial charge in [-0.3, -0.25) is 0 Å². The first-order chi connectivity index (χ1) is 9.11. The van der Waals surface area contributed by atoms with Crippen molar-refractivity contribution in [3.63, 3.8) is 0 Å². The van der Waals surface area contributed by atoms with E-state index in [1.165, 1.54) is 18.4 Å². The van der Waals surface area contributed by atoms with E-state index in [9.17, 15) is 0 Å². The van der Waals surface area contributed by atoms with E-state index in [0.717, 1.165) is 12.3 Å². The normalized spacial score (nSPS) is 26.9. The minimum atomic E-state index is 0.241. The van der Waals surface area contributed by atoms with Gasteiger partial charge in [-0.25, -0.2) is 0 Å². The second-order valence-corrected chi connectivity index (χ2v) is 5.95. The van der Waals surface area contributed by atoms with Crippen LogP contribution in [0.5, 0.6) is 5.75 Å². The maximum atomic E-state index is 5.81. The van der Waals surface area contributed by atoms with Gasteiger partial charge in [-0.2, -0.15) is 0 Å². The Kier molecular flexibility index (Phi) is 4.87. The summed E-state index contributed by atoms with van der Waals surface area (Å²) >= 11 is 0. The number of benzene rings is 1. The second kappa shape index (κ2) is 6.42. The van der Waals surface area contributed by atoms with Crippen molar-refractivity contribution >= 4 is 0 Å². The largest absolute Gasteiger partial charge is 0.491 e. The first kappa shape index (κ1) is 14.4. The van der Waals surface area contributed by atoms with E-state index < -0.39 is 0 Å². The zero-order valence-electron chi connectivity index (χ0n) is 12.6. The summed E-state index contributed by atoms with van der Waals surface area (Å²) in [6.45, 7) is 9.79. The van der Waals surface area contributed by atoms with E-state index in [0.29, 0.717) is 17.9 Å². The highest BCUT2D eigenvalue weighted by Gasteiger charge is 2.33. The van der Waals surface area contributed by atoms with Crippen molar-refractivity contribution in [2.24, 2.45) is 5.92 Å². The topological polar surface area (TPSA) is 21.3 Å². The first-order valence-corrected chi connectivity index (χ1v) is 7.61. The molecule has 0 saturated heterocycles. The fraction of sp³-hybridized carbons (Fsp3) is 0.647. The third-order valence-corrected chi connectivity index (χ3v) is 4.18. The molecule has 1 N–H and O–H groups in total. The van der Waals surface area contributed by atoms with Gasteiger partial charge >= 0.3 is 0 Å². The molecule has 19 heavy (non-hydrogen) atoms. The highest BCUT2D eigenvalue weighted by molar-refractivity contribution is 5.32. The molecule has 0 aromatic heterocycles. The van der Waals surface area contributed by atoms with Gasteiger partial charge in [0.05, 0.1) is 6.10 Å². The molecule has 106 valence electrons. The summed E-state index contributed by atoms with van der Waals surface area (Å²) in [5, 5.41) is 3.61.